The normalized spacial score (nSPS) is 13.5. The lowest BCUT2D eigenvalue weighted by Gasteiger charge is -2.14. The van der Waals surface area contributed by atoms with Gasteiger partial charge in [0, 0.05) is 12.1 Å². The SMILES string of the molecule is N[C@@H](CC(F)(F)F)c1ccc(Br)c([N+](=O)[O-])c1. The summed E-state index contributed by atoms with van der Waals surface area (Å²) < 4.78 is 36.5. The summed E-state index contributed by atoms with van der Waals surface area (Å²) in [6.45, 7) is 0. The van der Waals surface area contributed by atoms with Crippen LogP contribution in [-0.2, 0) is 0 Å². The summed E-state index contributed by atoms with van der Waals surface area (Å²) in [5.41, 5.74) is 5.12. The number of halogens is 4. The lowest BCUT2D eigenvalue weighted by atomic mass is 10.0. The molecule has 0 aliphatic carbocycles. The maximum absolute atomic E-state index is 12.1. The van der Waals surface area contributed by atoms with Crippen molar-refractivity contribution in [1.29, 1.82) is 0 Å². The molecule has 17 heavy (non-hydrogen) atoms. The molecule has 1 rings (SSSR count). The molecule has 2 N–H and O–H groups in total. The molecule has 0 saturated carbocycles. The number of nitrogens with zero attached hydrogens (tertiary/aromatic N) is 1. The van der Waals surface area contributed by atoms with Crippen molar-refractivity contribution in [3.63, 3.8) is 0 Å². The van der Waals surface area contributed by atoms with E-state index in [9.17, 15) is 23.3 Å². The largest absolute Gasteiger partial charge is 0.390 e. The first-order chi connectivity index (χ1) is 7.70. The van der Waals surface area contributed by atoms with Crippen LogP contribution in [0.3, 0.4) is 0 Å². The van der Waals surface area contributed by atoms with Crippen molar-refractivity contribution < 1.29 is 18.1 Å². The average molecular weight is 313 g/mol. The minimum absolute atomic E-state index is 0.0808. The summed E-state index contributed by atoms with van der Waals surface area (Å²) in [4.78, 5) is 9.91. The van der Waals surface area contributed by atoms with Gasteiger partial charge in [0.2, 0.25) is 0 Å². The van der Waals surface area contributed by atoms with E-state index in [1.165, 1.54) is 12.1 Å². The molecule has 1 atom stereocenters. The second-order valence-corrected chi connectivity index (χ2v) is 4.25. The van der Waals surface area contributed by atoms with Crippen molar-refractivity contribution in [3.8, 4) is 0 Å². The summed E-state index contributed by atoms with van der Waals surface area (Å²) in [6, 6.07) is 2.37. The predicted octanol–water partition coefficient (Wildman–Crippen LogP) is 3.31. The molecule has 0 aliphatic heterocycles. The summed E-state index contributed by atoms with van der Waals surface area (Å²) in [6.07, 6.45) is -5.62. The Morgan fingerprint density at radius 2 is 2.06 bits per heavy atom. The van der Waals surface area contributed by atoms with E-state index >= 15 is 0 Å². The molecule has 94 valence electrons. The molecule has 0 saturated heterocycles. The van der Waals surface area contributed by atoms with Gasteiger partial charge < -0.3 is 5.73 Å². The van der Waals surface area contributed by atoms with Crippen LogP contribution in [0.4, 0.5) is 18.9 Å². The Bertz CT molecular complexity index is 437. The Morgan fingerprint density at radius 3 is 2.53 bits per heavy atom. The molecule has 0 unspecified atom stereocenters. The highest BCUT2D eigenvalue weighted by Crippen LogP contribution is 2.32. The van der Waals surface area contributed by atoms with E-state index in [1.54, 1.807) is 0 Å². The molecule has 0 radical (unpaired) electrons. The zero-order valence-corrected chi connectivity index (χ0v) is 9.96. The van der Waals surface area contributed by atoms with E-state index in [0.717, 1.165) is 6.07 Å². The van der Waals surface area contributed by atoms with Crippen molar-refractivity contribution in [2.45, 2.75) is 18.6 Å². The van der Waals surface area contributed by atoms with Crippen molar-refractivity contribution in [3.05, 3.63) is 38.3 Å². The number of nitrogens with two attached hydrogens (primary N) is 1. The van der Waals surface area contributed by atoms with Gasteiger partial charge in [-0.1, -0.05) is 6.07 Å². The number of nitro benzene ring substituents is 1. The highest BCUT2D eigenvalue weighted by Gasteiger charge is 2.31. The first-order valence-corrected chi connectivity index (χ1v) is 5.26. The molecular formula is C9H8BrF3N2O2. The summed E-state index contributed by atoms with van der Waals surface area (Å²) >= 11 is 2.94. The summed E-state index contributed by atoms with van der Waals surface area (Å²) in [7, 11) is 0. The Balaban J connectivity index is 3.00. The number of hydrogen-bond donors (Lipinski definition) is 1. The third kappa shape index (κ3) is 3.97. The molecule has 4 nitrogen and oxygen atoms in total. The minimum Gasteiger partial charge on any atom is -0.324 e. The van der Waals surface area contributed by atoms with Crippen LogP contribution in [0.1, 0.15) is 18.0 Å². The predicted molar refractivity (Wildman–Crippen MR) is 58.4 cm³/mol. The van der Waals surface area contributed by atoms with E-state index in [1.807, 2.05) is 0 Å². The summed E-state index contributed by atoms with van der Waals surface area (Å²) in [5.74, 6) is 0. The smallest absolute Gasteiger partial charge is 0.324 e. The minimum atomic E-state index is -4.40. The van der Waals surface area contributed by atoms with E-state index in [-0.39, 0.29) is 15.7 Å². The fourth-order valence-corrected chi connectivity index (χ4v) is 1.66. The highest BCUT2D eigenvalue weighted by atomic mass is 79.9. The molecular weight excluding hydrogens is 305 g/mol. The maximum Gasteiger partial charge on any atom is 0.390 e. The molecule has 0 amide bonds. The van der Waals surface area contributed by atoms with Crippen LogP contribution < -0.4 is 5.73 Å². The van der Waals surface area contributed by atoms with Crippen molar-refractivity contribution in [2.24, 2.45) is 5.73 Å². The number of benzene rings is 1. The van der Waals surface area contributed by atoms with Crippen LogP contribution in [0.2, 0.25) is 0 Å². The molecule has 8 heteroatoms. The van der Waals surface area contributed by atoms with Gasteiger partial charge in [-0.25, -0.2) is 0 Å². The molecule has 0 spiro atoms. The fourth-order valence-electron chi connectivity index (χ4n) is 1.27. The maximum atomic E-state index is 12.1. The molecule has 0 fully saturated rings. The number of hydrogen-bond acceptors (Lipinski definition) is 3. The van der Waals surface area contributed by atoms with Crippen LogP contribution >= 0.6 is 15.9 Å². The lowest BCUT2D eigenvalue weighted by molar-refractivity contribution is -0.385. The lowest BCUT2D eigenvalue weighted by Crippen LogP contribution is -2.20. The molecule has 0 heterocycles. The van der Waals surface area contributed by atoms with Crippen molar-refractivity contribution in [1.82, 2.24) is 0 Å². The summed E-state index contributed by atoms with van der Waals surface area (Å²) in [5, 5.41) is 10.6. The van der Waals surface area contributed by atoms with Gasteiger partial charge in [0.15, 0.2) is 0 Å². The van der Waals surface area contributed by atoms with E-state index < -0.39 is 23.6 Å². The van der Waals surface area contributed by atoms with E-state index in [4.69, 9.17) is 5.73 Å². The second kappa shape index (κ2) is 5.01. The first kappa shape index (κ1) is 13.9. The zero-order chi connectivity index (χ0) is 13.2. The van der Waals surface area contributed by atoms with Crippen LogP contribution in [0.15, 0.2) is 22.7 Å². The zero-order valence-electron chi connectivity index (χ0n) is 8.37. The average Bonchev–Trinajstić information content (AvgIpc) is 2.14. The Hall–Kier alpha value is -1.15. The van der Waals surface area contributed by atoms with Crippen molar-refractivity contribution in [2.75, 3.05) is 0 Å². The van der Waals surface area contributed by atoms with Gasteiger partial charge in [-0.05, 0) is 27.6 Å². The monoisotopic (exact) mass is 312 g/mol. The van der Waals surface area contributed by atoms with Gasteiger partial charge in [-0.3, -0.25) is 10.1 Å². The fraction of sp³-hybridized carbons (Fsp3) is 0.333. The van der Waals surface area contributed by atoms with Gasteiger partial charge >= 0.3 is 6.18 Å². The van der Waals surface area contributed by atoms with Crippen LogP contribution in [-0.4, -0.2) is 11.1 Å². The number of alkyl halides is 3. The van der Waals surface area contributed by atoms with Crippen LogP contribution in [0.25, 0.3) is 0 Å². The topological polar surface area (TPSA) is 69.2 Å². The third-order valence-electron chi connectivity index (χ3n) is 2.05. The standard InChI is InChI=1S/C9H8BrF3N2O2/c10-6-2-1-5(3-8(6)15(16)17)7(14)4-9(11,12)13/h1-3,7H,4,14H2/t7-/m0/s1. The Kier molecular flexibility index (Phi) is 4.10. The molecule has 1 aromatic carbocycles. The van der Waals surface area contributed by atoms with Gasteiger partial charge in [0.1, 0.15) is 0 Å². The van der Waals surface area contributed by atoms with E-state index in [0.29, 0.717) is 0 Å². The molecule has 0 aromatic heterocycles. The molecule has 0 bridgehead atoms. The Labute approximate surface area is 103 Å². The highest BCUT2D eigenvalue weighted by molar-refractivity contribution is 9.10. The number of rotatable bonds is 3. The van der Waals surface area contributed by atoms with Crippen molar-refractivity contribution >= 4 is 21.6 Å². The van der Waals surface area contributed by atoms with Gasteiger partial charge in [-0.15, -0.1) is 0 Å². The number of nitro groups is 1. The first-order valence-electron chi connectivity index (χ1n) is 4.47. The van der Waals surface area contributed by atoms with Crippen LogP contribution in [0.5, 0.6) is 0 Å². The second-order valence-electron chi connectivity index (χ2n) is 3.39. The quantitative estimate of drug-likeness (QED) is 0.687. The van der Waals surface area contributed by atoms with Crippen LogP contribution in [0, 0.1) is 10.1 Å². The third-order valence-corrected chi connectivity index (χ3v) is 2.72. The van der Waals surface area contributed by atoms with Gasteiger partial charge in [0.05, 0.1) is 15.8 Å². The molecule has 0 aliphatic rings. The van der Waals surface area contributed by atoms with Gasteiger partial charge in [0.25, 0.3) is 5.69 Å². The molecule has 1 aromatic rings. The van der Waals surface area contributed by atoms with Gasteiger partial charge in [-0.2, -0.15) is 13.2 Å². The Morgan fingerprint density at radius 1 is 1.47 bits per heavy atom. The van der Waals surface area contributed by atoms with E-state index in [2.05, 4.69) is 15.9 Å².